The number of nitrogens with zero attached hydrogens (tertiary/aromatic N) is 1. The van der Waals surface area contributed by atoms with E-state index in [9.17, 15) is 18.4 Å². The van der Waals surface area contributed by atoms with Crippen molar-refractivity contribution in [3.05, 3.63) is 0 Å². The monoisotopic (exact) mass is 375 g/mol. The molecule has 0 bridgehead atoms. The molecule has 6 unspecified atom stereocenters. The Morgan fingerprint density at radius 3 is 2.58 bits per heavy atom. The molecule has 1 amide bonds. The quantitative estimate of drug-likeness (QED) is 0.477. The van der Waals surface area contributed by atoms with Crippen LogP contribution in [0.5, 0.6) is 0 Å². The van der Waals surface area contributed by atoms with Crippen molar-refractivity contribution in [2.24, 2.45) is 5.92 Å². The van der Waals surface area contributed by atoms with Gasteiger partial charge in [-0.15, -0.1) is 0 Å². The number of esters is 1. The molecule has 8 nitrogen and oxygen atoms in total. The largest absolute Gasteiger partial charge is 0.469 e. The SMILES string of the molecule is COC(=O)C1CCC(F)C(F)C1NC(=O)C1CCC(N2CCNC2)NN1. The van der Waals surface area contributed by atoms with Crippen LogP contribution in [-0.2, 0) is 14.3 Å². The van der Waals surface area contributed by atoms with Gasteiger partial charge in [0.15, 0.2) is 6.17 Å². The van der Waals surface area contributed by atoms with Gasteiger partial charge in [-0.3, -0.25) is 14.5 Å². The molecule has 1 aliphatic carbocycles. The highest BCUT2D eigenvalue weighted by atomic mass is 19.2. The van der Waals surface area contributed by atoms with E-state index in [2.05, 4.69) is 31.1 Å². The van der Waals surface area contributed by atoms with E-state index in [1.807, 2.05) is 0 Å². The molecule has 26 heavy (non-hydrogen) atoms. The summed E-state index contributed by atoms with van der Waals surface area (Å²) in [7, 11) is 1.20. The minimum Gasteiger partial charge on any atom is -0.469 e. The lowest BCUT2D eigenvalue weighted by Gasteiger charge is -2.38. The van der Waals surface area contributed by atoms with Gasteiger partial charge in [-0.05, 0) is 25.7 Å². The average molecular weight is 375 g/mol. The standard InChI is InChI=1S/C16H27F2N5O3/c1-26-16(25)9-2-3-10(17)13(18)14(9)20-15(24)11-4-5-12(22-21-11)23-7-6-19-8-23/h9-14,19,21-22H,2-8H2,1H3,(H,20,24). The number of carbonyl (C=O) groups excluding carboxylic acids is 2. The molecule has 3 fully saturated rings. The smallest absolute Gasteiger partial charge is 0.310 e. The topological polar surface area (TPSA) is 94.7 Å². The Labute approximate surface area is 151 Å². The van der Waals surface area contributed by atoms with Gasteiger partial charge >= 0.3 is 5.97 Å². The van der Waals surface area contributed by atoms with Gasteiger partial charge in [0.25, 0.3) is 0 Å². The third-order valence-electron chi connectivity index (χ3n) is 5.49. The number of hydrazine groups is 1. The fourth-order valence-electron chi connectivity index (χ4n) is 3.91. The molecule has 2 aliphatic heterocycles. The zero-order chi connectivity index (χ0) is 18.7. The lowest BCUT2D eigenvalue weighted by molar-refractivity contribution is -0.150. The Hall–Kier alpha value is -1.36. The van der Waals surface area contributed by atoms with Crippen LogP contribution in [0.4, 0.5) is 8.78 Å². The van der Waals surface area contributed by atoms with E-state index in [0.717, 1.165) is 26.2 Å². The highest BCUT2D eigenvalue weighted by Gasteiger charge is 2.45. The maximum absolute atomic E-state index is 14.3. The summed E-state index contributed by atoms with van der Waals surface area (Å²) in [5.41, 5.74) is 6.07. The van der Waals surface area contributed by atoms with Crippen molar-refractivity contribution < 1.29 is 23.1 Å². The van der Waals surface area contributed by atoms with Crippen molar-refractivity contribution in [1.29, 1.82) is 0 Å². The van der Waals surface area contributed by atoms with Crippen LogP contribution in [0, 0.1) is 5.92 Å². The van der Waals surface area contributed by atoms with Gasteiger partial charge in [0.1, 0.15) is 12.2 Å². The van der Waals surface area contributed by atoms with Gasteiger partial charge < -0.3 is 15.4 Å². The molecule has 1 saturated carbocycles. The molecule has 148 valence electrons. The molecule has 0 radical (unpaired) electrons. The maximum atomic E-state index is 14.3. The number of halogens is 2. The first-order valence-electron chi connectivity index (χ1n) is 9.13. The molecule has 2 heterocycles. The van der Waals surface area contributed by atoms with Crippen LogP contribution in [0.25, 0.3) is 0 Å². The summed E-state index contributed by atoms with van der Waals surface area (Å²) in [6.45, 7) is 2.65. The number of hydrogen-bond acceptors (Lipinski definition) is 7. The highest BCUT2D eigenvalue weighted by molar-refractivity contribution is 5.83. The molecular weight excluding hydrogens is 348 g/mol. The Kier molecular flexibility index (Phi) is 6.38. The van der Waals surface area contributed by atoms with Gasteiger partial charge in [0.2, 0.25) is 5.91 Å². The summed E-state index contributed by atoms with van der Waals surface area (Å²) in [6.07, 6.45) is -2.08. The molecule has 4 N–H and O–H groups in total. The molecule has 2 saturated heterocycles. The van der Waals surface area contributed by atoms with E-state index in [1.165, 1.54) is 7.11 Å². The molecule has 6 atom stereocenters. The van der Waals surface area contributed by atoms with Gasteiger partial charge in [-0.25, -0.2) is 19.6 Å². The predicted molar refractivity (Wildman–Crippen MR) is 89.1 cm³/mol. The van der Waals surface area contributed by atoms with Crippen LogP contribution >= 0.6 is 0 Å². The highest BCUT2D eigenvalue weighted by Crippen LogP contribution is 2.30. The number of hydrogen-bond donors (Lipinski definition) is 4. The number of nitrogens with one attached hydrogen (secondary N) is 4. The first kappa shape index (κ1) is 19.4. The van der Waals surface area contributed by atoms with E-state index in [-0.39, 0.29) is 19.0 Å². The molecule has 3 rings (SSSR count). The van der Waals surface area contributed by atoms with E-state index in [1.54, 1.807) is 0 Å². The molecule has 0 aromatic carbocycles. The fraction of sp³-hybridized carbons (Fsp3) is 0.875. The normalized spacial score (nSPS) is 38.7. The van der Waals surface area contributed by atoms with Gasteiger partial charge in [0, 0.05) is 19.8 Å². The number of methoxy groups -OCH3 is 1. The Morgan fingerprint density at radius 2 is 1.96 bits per heavy atom. The lowest BCUT2D eigenvalue weighted by atomic mass is 9.82. The van der Waals surface area contributed by atoms with Crippen molar-refractivity contribution in [3.63, 3.8) is 0 Å². The summed E-state index contributed by atoms with van der Waals surface area (Å²) in [4.78, 5) is 26.6. The second-order valence-corrected chi connectivity index (χ2v) is 7.11. The number of carbonyl (C=O) groups is 2. The van der Waals surface area contributed by atoms with E-state index < -0.39 is 42.2 Å². The van der Waals surface area contributed by atoms with Crippen LogP contribution in [0.2, 0.25) is 0 Å². The van der Waals surface area contributed by atoms with Crippen molar-refractivity contribution in [3.8, 4) is 0 Å². The number of ether oxygens (including phenoxy) is 1. The van der Waals surface area contributed by atoms with Crippen molar-refractivity contribution >= 4 is 11.9 Å². The second-order valence-electron chi connectivity index (χ2n) is 7.11. The summed E-state index contributed by atoms with van der Waals surface area (Å²) >= 11 is 0. The second kappa shape index (κ2) is 8.55. The van der Waals surface area contributed by atoms with Crippen LogP contribution in [0.15, 0.2) is 0 Å². The number of alkyl halides is 2. The van der Waals surface area contributed by atoms with Crippen LogP contribution in [-0.4, -0.2) is 74.2 Å². The average Bonchev–Trinajstić information content (AvgIpc) is 3.20. The molecule has 0 aromatic rings. The minimum absolute atomic E-state index is 0.0535. The van der Waals surface area contributed by atoms with E-state index in [4.69, 9.17) is 0 Å². The first-order chi connectivity index (χ1) is 12.5. The lowest BCUT2D eigenvalue weighted by Crippen LogP contribution is -2.64. The number of rotatable bonds is 4. The van der Waals surface area contributed by atoms with Gasteiger partial charge in [-0.2, -0.15) is 0 Å². The summed E-state index contributed by atoms with van der Waals surface area (Å²) in [6, 6.07) is -1.77. The molecular formula is C16H27F2N5O3. The molecule has 10 heteroatoms. The summed E-state index contributed by atoms with van der Waals surface area (Å²) < 4.78 is 32.8. The maximum Gasteiger partial charge on any atom is 0.310 e. The Morgan fingerprint density at radius 1 is 1.15 bits per heavy atom. The zero-order valence-corrected chi connectivity index (χ0v) is 14.8. The van der Waals surface area contributed by atoms with E-state index in [0.29, 0.717) is 6.42 Å². The molecule has 0 spiro atoms. The Bertz CT molecular complexity index is 512. The predicted octanol–water partition coefficient (Wildman–Crippen LogP) is -0.824. The summed E-state index contributed by atoms with van der Waals surface area (Å²) in [5, 5.41) is 5.78. The van der Waals surface area contributed by atoms with Crippen LogP contribution in [0.1, 0.15) is 25.7 Å². The van der Waals surface area contributed by atoms with Gasteiger partial charge in [0.05, 0.1) is 25.2 Å². The summed E-state index contributed by atoms with van der Waals surface area (Å²) in [5.74, 6) is -1.93. The molecule has 0 aromatic heterocycles. The van der Waals surface area contributed by atoms with Crippen molar-refractivity contribution in [1.82, 2.24) is 26.4 Å². The fourth-order valence-corrected chi connectivity index (χ4v) is 3.91. The van der Waals surface area contributed by atoms with Crippen molar-refractivity contribution in [2.75, 3.05) is 26.9 Å². The third-order valence-corrected chi connectivity index (χ3v) is 5.49. The number of amides is 1. The van der Waals surface area contributed by atoms with Crippen LogP contribution < -0.4 is 21.5 Å². The third kappa shape index (κ3) is 4.13. The van der Waals surface area contributed by atoms with Crippen LogP contribution in [0.3, 0.4) is 0 Å². The molecule has 3 aliphatic rings. The van der Waals surface area contributed by atoms with E-state index >= 15 is 0 Å². The minimum atomic E-state index is -1.92. The Balaban J connectivity index is 1.56. The van der Waals surface area contributed by atoms with Crippen molar-refractivity contribution in [2.45, 2.75) is 56.3 Å². The van der Waals surface area contributed by atoms with Gasteiger partial charge in [-0.1, -0.05) is 0 Å². The zero-order valence-electron chi connectivity index (χ0n) is 14.8. The first-order valence-corrected chi connectivity index (χ1v) is 9.13.